The third-order valence-corrected chi connectivity index (χ3v) is 3.43. The van der Waals surface area contributed by atoms with E-state index < -0.39 is 0 Å². The average Bonchev–Trinajstić information content (AvgIpc) is 2.72. The fourth-order valence-electron chi connectivity index (χ4n) is 2.39. The third kappa shape index (κ3) is 2.55. The molecule has 1 aromatic carbocycles. The van der Waals surface area contributed by atoms with Crippen LogP contribution in [0.15, 0.2) is 18.2 Å². The number of hydrogen-bond donors (Lipinski definition) is 1. The van der Waals surface area contributed by atoms with Gasteiger partial charge in [0.1, 0.15) is 23.2 Å². The summed E-state index contributed by atoms with van der Waals surface area (Å²) in [5.41, 5.74) is 8.49. The van der Waals surface area contributed by atoms with Crippen molar-refractivity contribution in [2.24, 2.45) is 0 Å². The molecule has 108 valence electrons. The molecule has 0 atom stereocenters. The van der Waals surface area contributed by atoms with Gasteiger partial charge in [0, 0.05) is 18.0 Å². The van der Waals surface area contributed by atoms with Crippen LogP contribution in [-0.2, 0) is 6.54 Å². The number of aryl methyl sites for hydroxylation is 1. The van der Waals surface area contributed by atoms with Gasteiger partial charge in [-0.3, -0.25) is 0 Å². The van der Waals surface area contributed by atoms with Gasteiger partial charge < -0.3 is 10.3 Å². The second kappa shape index (κ2) is 5.65. The molecular formula is C16H22FN3. The lowest BCUT2D eigenvalue weighted by Gasteiger charge is -2.10. The smallest absolute Gasteiger partial charge is 0.131 e. The highest BCUT2D eigenvalue weighted by molar-refractivity contribution is 5.71. The number of benzene rings is 1. The van der Waals surface area contributed by atoms with Crippen LogP contribution in [0.3, 0.4) is 0 Å². The average molecular weight is 275 g/mol. The molecule has 3 nitrogen and oxygen atoms in total. The molecule has 0 unspecified atom stereocenters. The molecule has 0 fully saturated rings. The first-order chi connectivity index (χ1) is 9.45. The molecule has 2 aromatic rings. The number of imidazole rings is 1. The van der Waals surface area contributed by atoms with Gasteiger partial charge in [-0.1, -0.05) is 20.8 Å². The molecule has 0 saturated carbocycles. The van der Waals surface area contributed by atoms with Gasteiger partial charge in [0.05, 0.1) is 0 Å². The highest BCUT2D eigenvalue weighted by Crippen LogP contribution is 2.30. The summed E-state index contributed by atoms with van der Waals surface area (Å²) in [7, 11) is 0. The van der Waals surface area contributed by atoms with E-state index in [0.29, 0.717) is 17.3 Å². The van der Waals surface area contributed by atoms with Crippen LogP contribution in [-0.4, -0.2) is 9.55 Å². The van der Waals surface area contributed by atoms with Gasteiger partial charge in [0.2, 0.25) is 0 Å². The van der Waals surface area contributed by atoms with E-state index in [0.717, 1.165) is 30.0 Å². The van der Waals surface area contributed by atoms with Crippen LogP contribution in [0, 0.1) is 12.7 Å². The molecule has 0 aliphatic rings. The number of halogens is 1. The summed E-state index contributed by atoms with van der Waals surface area (Å²) in [6, 6.07) is 5.01. The Morgan fingerprint density at radius 2 is 2.05 bits per heavy atom. The summed E-state index contributed by atoms with van der Waals surface area (Å²) in [6.07, 6.45) is 1.00. The standard InChI is InChI=1S/C16H22FN3/c1-5-8-20-15(18)14(19-16(20)10(2)3)12-6-7-13(17)11(4)9-12/h6-7,9-10H,5,8,18H2,1-4H3. The van der Waals surface area contributed by atoms with E-state index >= 15 is 0 Å². The van der Waals surface area contributed by atoms with Crippen molar-refractivity contribution in [1.29, 1.82) is 0 Å². The molecule has 0 amide bonds. The zero-order valence-electron chi connectivity index (χ0n) is 12.6. The maximum Gasteiger partial charge on any atom is 0.131 e. The van der Waals surface area contributed by atoms with E-state index in [4.69, 9.17) is 5.73 Å². The van der Waals surface area contributed by atoms with Crippen LogP contribution in [0.4, 0.5) is 10.2 Å². The summed E-state index contributed by atoms with van der Waals surface area (Å²) >= 11 is 0. The summed E-state index contributed by atoms with van der Waals surface area (Å²) in [5, 5.41) is 0. The van der Waals surface area contributed by atoms with Gasteiger partial charge >= 0.3 is 0 Å². The zero-order chi connectivity index (χ0) is 14.9. The van der Waals surface area contributed by atoms with Crippen LogP contribution < -0.4 is 5.73 Å². The first-order valence-corrected chi connectivity index (χ1v) is 7.08. The molecule has 1 heterocycles. The Morgan fingerprint density at radius 1 is 1.35 bits per heavy atom. The van der Waals surface area contributed by atoms with Gasteiger partial charge in [-0.05, 0) is 37.1 Å². The Balaban J connectivity index is 2.56. The topological polar surface area (TPSA) is 43.8 Å². The highest BCUT2D eigenvalue weighted by atomic mass is 19.1. The van der Waals surface area contributed by atoms with Crippen molar-refractivity contribution in [1.82, 2.24) is 9.55 Å². The van der Waals surface area contributed by atoms with Crippen molar-refractivity contribution in [3.63, 3.8) is 0 Å². The minimum Gasteiger partial charge on any atom is -0.383 e. The van der Waals surface area contributed by atoms with Gasteiger partial charge in [-0.25, -0.2) is 9.37 Å². The van der Waals surface area contributed by atoms with Crippen LogP contribution in [0.1, 0.15) is 44.5 Å². The number of nitrogen functional groups attached to an aromatic ring is 1. The third-order valence-electron chi connectivity index (χ3n) is 3.43. The van der Waals surface area contributed by atoms with Crippen LogP contribution in [0.25, 0.3) is 11.3 Å². The van der Waals surface area contributed by atoms with Gasteiger partial charge in [0.15, 0.2) is 0 Å². The molecule has 0 spiro atoms. The molecule has 0 aliphatic heterocycles. The monoisotopic (exact) mass is 275 g/mol. The van der Waals surface area contributed by atoms with Crippen molar-refractivity contribution in [3.8, 4) is 11.3 Å². The normalized spacial score (nSPS) is 11.3. The van der Waals surface area contributed by atoms with Crippen LogP contribution in [0.2, 0.25) is 0 Å². The summed E-state index contributed by atoms with van der Waals surface area (Å²) in [4.78, 5) is 4.68. The molecule has 1 aromatic heterocycles. The van der Waals surface area contributed by atoms with E-state index in [1.54, 1.807) is 19.1 Å². The molecule has 0 aliphatic carbocycles. The Kier molecular flexibility index (Phi) is 4.12. The first-order valence-electron chi connectivity index (χ1n) is 7.08. The lowest BCUT2D eigenvalue weighted by Crippen LogP contribution is -2.08. The Bertz CT molecular complexity index is 614. The molecule has 4 heteroatoms. The quantitative estimate of drug-likeness (QED) is 0.912. The molecule has 2 rings (SSSR count). The van der Waals surface area contributed by atoms with Gasteiger partial charge in [0.25, 0.3) is 0 Å². The molecule has 0 radical (unpaired) electrons. The molecule has 20 heavy (non-hydrogen) atoms. The summed E-state index contributed by atoms with van der Waals surface area (Å²) in [5.74, 6) is 1.76. The number of rotatable bonds is 4. The van der Waals surface area contributed by atoms with E-state index in [1.807, 2.05) is 0 Å². The van der Waals surface area contributed by atoms with E-state index in [1.165, 1.54) is 6.07 Å². The second-order valence-electron chi connectivity index (χ2n) is 5.47. The summed E-state index contributed by atoms with van der Waals surface area (Å²) in [6.45, 7) is 8.93. The van der Waals surface area contributed by atoms with Crippen molar-refractivity contribution < 1.29 is 4.39 Å². The number of aromatic nitrogens is 2. The Hall–Kier alpha value is -1.84. The predicted molar refractivity (Wildman–Crippen MR) is 81.2 cm³/mol. The largest absolute Gasteiger partial charge is 0.383 e. The predicted octanol–water partition coefficient (Wildman–Crippen LogP) is 4.11. The Labute approximate surface area is 119 Å². The lowest BCUT2D eigenvalue weighted by molar-refractivity contribution is 0.616. The molecular weight excluding hydrogens is 253 g/mol. The van der Waals surface area contributed by atoms with Crippen molar-refractivity contribution >= 4 is 5.82 Å². The minimum atomic E-state index is -0.204. The zero-order valence-corrected chi connectivity index (χ0v) is 12.6. The number of nitrogens with two attached hydrogens (primary N) is 1. The summed E-state index contributed by atoms with van der Waals surface area (Å²) < 4.78 is 15.5. The molecule has 0 saturated heterocycles. The van der Waals surface area contributed by atoms with E-state index in [-0.39, 0.29) is 5.82 Å². The van der Waals surface area contributed by atoms with Crippen molar-refractivity contribution in [3.05, 3.63) is 35.4 Å². The second-order valence-corrected chi connectivity index (χ2v) is 5.47. The van der Waals surface area contributed by atoms with E-state index in [9.17, 15) is 4.39 Å². The fourth-order valence-corrected chi connectivity index (χ4v) is 2.39. The maximum atomic E-state index is 13.4. The SMILES string of the molecule is CCCn1c(C(C)C)nc(-c2ccc(F)c(C)c2)c1N. The van der Waals surface area contributed by atoms with E-state index in [2.05, 4.69) is 30.3 Å². The van der Waals surface area contributed by atoms with Crippen molar-refractivity contribution in [2.45, 2.75) is 46.6 Å². The highest BCUT2D eigenvalue weighted by Gasteiger charge is 2.18. The molecule has 2 N–H and O–H groups in total. The fraction of sp³-hybridized carbons (Fsp3) is 0.438. The van der Waals surface area contributed by atoms with Crippen LogP contribution >= 0.6 is 0 Å². The van der Waals surface area contributed by atoms with Gasteiger partial charge in [-0.2, -0.15) is 0 Å². The van der Waals surface area contributed by atoms with Crippen LogP contribution in [0.5, 0.6) is 0 Å². The minimum absolute atomic E-state index is 0.204. The Morgan fingerprint density at radius 3 is 2.60 bits per heavy atom. The molecule has 0 bridgehead atoms. The number of nitrogens with zero attached hydrogens (tertiary/aromatic N) is 2. The first kappa shape index (κ1) is 14.6. The number of hydrogen-bond acceptors (Lipinski definition) is 2. The van der Waals surface area contributed by atoms with Crippen molar-refractivity contribution in [2.75, 3.05) is 5.73 Å². The number of anilines is 1. The van der Waals surface area contributed by atoms with Gasteiger partial charge in [-0.15, -0.1) is 0 Å². The lowest BCUT2D eigenvalue weighted by atomic mass is 10.1. The maximum absolute atomic E-state index is 13.4.